The van der Waals surface area contributed by atoms with Crippen LogP contribution in [0.25, 0.3) is 22.2 Å². The van der Waals surface area contributed by atoms with Gasteiger partial charge < -0.3 is 14.6 Å². The first kappa shape index (κ1) is 30.5. The van der Waals surface area contributed by atoms with Crippen molar-refractivity contribution in [1.29, 1.82) is 0 Å². The molecule has 0 spiro atoms. The number of aromatic nitrogens is 4. The van der Waals surface area contributed by atoms with Crippen molar-refractivity contribution < 1.29 is 24.2 Å². The largest absolute Gasteiger partial charge is 0.505 e. The number of anilines is 1. The quantitative estimate of drug-likeness (QED) is 0.0575. The Hall–Kier alpha value is -5.20. The number of aliphatic hydroxyl groups excluding tert-OH is 1. The van der Waals surface area contributed by atoms with Crippen molar-refractivity contribution in [2.45, 2.75) is 30.0 Å². The lowest BCUT2D eigenvalue weighted by Gasteiger charge is -2.23. The van der Waals surface area contributed by atoms with Gasteiger partial charge in [-0.15, -0.1) is 10.2 Å². The van der Waals surface area contributed by atoms with E-state index in [1.165, 1.54) is 35.1 Å². The van der Waals surface area contributed by atoms with Gasteiger partial charge in [-0.3, -0.25) is 18.9 Å². The normalized spacial score (nSPS) is 16.0. The summed E-state index contributed by atoms with van der Waals surface area (Å²) >= 11 is 2.71. The van der Waals surface area contributed by atoms with Crippen LogP contribution in [0.1, 0.15) is 35.5 Å². The molecule has 12 heteroatoms. The van der Waals surface area contributed by atoms with Crippen LogP contribution in [0.4, 0.5) is 5.13 Å². The summed E-state index contributed by atoms with van der Waals surface area (Å²) in [6.07, 6.45) is 1.75. The standard InChI is InChI=1S/C35H29N5O5S2/c1-4-45-25-16-15-22(18-26(25)44-3)30-28(31(41)29-20(2)36-27-14-7-8-17-39(27)29)32(42)33(43)40(30)34-37-38-35(47-34)46-19-23-12-9-11-21-10-5-6-13-24(21)23/h5-18,30,41H,4,19H2,1-3H3/b31-28+. The molecule has 1 aliphatic heterocycles. The van der Waals surface area contributed by atoms with Gasteiger partial charge in [-0.1, -0.05) is 77.7 Å². The molecule has 3 aromatic heterocycles. The Morgan fingerprint density at radius 2 is 1.81 bits per heavy atom. The maximum absolute atomic E-state index is 13.9. The number of hydrogen-bond acceptors (Lipinski definition) is 10. The highest BCUT2D eigenvalue weighted by atomic mass is 32.2. The average molecular weight is 664 g/mol. The van der Waals surface area contributed by atoms with Gasteiger partial charge in [0, 0.05) is 11.9 Å². The predicted molar refractivity (Wildman–Crippen MR) is 182 cm³/mol. The summed E-state index contributed by atoms with van der Waals surface area (Å²) in [5, 5.41) is 23.2. The molecule has 47 heavy (non-hydrogen) atoms. The van der Waals surface area contributed by atoms with E-state index in [4.69, 9.17) is 9.47 Å². The number of aryl methyl sites for hydroxylation is 1. The molecule has 236 valence electrons. The van der Waals surface area contributed by atoms with E-state index in [2.05, 4.69) is 39.4 Å². The number of hydrogen-bond donors (Lipinski definition) is 1. The zero-order chi connectivity index (χ0) is 32.7. The Morgan fingerprint density at radius 3 is 2.64 bits per heavy atom. The monoisotopic (exact) mass is 663 g/mol. The number of benzene rings is 3. The molecule has 7 rings (SSSR count). The number of thioether (sulfide) groups is 1. The number of fused-ring (bicyclic) bond motifs is 2. The van der Waals surface area contributed by atoms with Crippen molar-refractivity contribution in [2.24, 2.45) is 0 Å². The number of rotatable bonds is 9. The third-order valence-corrected chi connectivity index (χ3v) is 10.1. The maximum atomic E-state index is 13.9. The molecule has 1 amide bonds. The molecule has 1 unspecified atom stereocenters. The fraction of sp³-hybridized carbons (Fsp3) is 0.171. The van der Waals surface area contributed by atoms with E-state index >= 15 is 0 Å². The van der Waals surface area contributed by atoms with Crippen molar-refractivity contribution >= 4 is 62.1 Å². The number of methoxy groups -OCH3 is 1. The van der Waals surface area contributed by atoms with Crippen LogP contribution in [0.3, 0.4) is 0 Å². The smallest absolute Gasteiger partial charge is 0.301 e. The molecule has 0 radical (unpaired) electrons. The number of pyridine rings is 1. The number of amides is 1. The van der Waals surface area contributed by atoms with E-state index in [1.54, 1.807) is 47.9 Å². The van der Waals surface area contributed by atoms with Crippen LogP contribution < -0.4 is 14.4 Å². The lowest BCUT2D eigenvalue weighted by molar-refractivity contribution is -0.132. The van der Waals surface area contributed by atoms with Gasteiger partial charge in [-0.25, -0.2) is 4.98 Å². The molecule has 1 fully saturated rings. The lowest BCUT2D eigenvalue weighted by Crippen LogP contribution is -2.29. The maximum Gasteiger partial charge on any atom is 0.301 e. The van der Waals surface area contributed by atoms with Crippen LogP contribution >= 0.6 is 23.1 Å². The number of imidazole rings is 1. The van der Waals surface area contributed by atoms with Crippen LogP contribution in [-0.4, -0.2) is 50.1 Å². The predicted octanol–water partition coefficient (Wildman–Crippen LogP) is 6.97. The summed E-state index contributed by atoms with van der Waals surface area (Å²) < 4.78 is 13.7. The van der Waals surface area contributed by atoms with Gasteiger partial charge in [0.05, 0.1) is 31.0 Å². The lowest BCUT2D eigenvalue weighted by atomic mass is 9.96. The first-order chi connectivity index (χ1) is 22.9. The molecule has 6 aromatic rings. The van der Waals surface area contributed by atoms with E-state index in [9.17, 15) is 14.7 Å². The summed E-state index contributed by atoms with van der Waals surface area (Å²) in [5.74, 6) is -0.429. The molecule has 0 saturated carbocycles. The summed E-state index contributed by atoms with van der Waals surface area (Å²) in [5.41, 5.74) is 3.01. The first-order valence-electron chi connectivity index (χ1n) is 14.9. The van der Waals surface area contributed by atoms with Crippen molar-refractivity contribution in [3.8, 4) is 11.5 Å². The highest BCUT2D eigenvalue weighted by Gasteiger charge is 2.49. The minimum atomic E-state index is -1.03. The highest BCUT2D eigenvalue weighted by Crippen LogP contribution is 2.46. The first-order valence-corrected chi connectivity index (χ1v) is 16.7. The van der Waals surface area contributed by atoms with Crippen molar-refractivity contribution in [2.75, 3.05) is 18.6 Å². The number of Topliss-reactive ketones (excluding diaryl/α,β-unsaturated/α-hetero) is 1. The zero-order valence-electron chi connectivity index (χ0n) is 25.7. The second-order valence-electron chi connectivity index (χ2n) is 10.8. The third-order valence-electron chi connectivity index (χ3n) is 8.01. The Kier molecular flexibility index (Phi) is 8.12. The van der Waals surface area contributed by atoms with Crippen molar-refractivity contribution in [1.82, 2.24) is 19.6 Å². The summed E-state index contributed by atoms with van der Waals surface area (Å²) in [6, 6.07) is 24.0. The number of carbonyl (C=O) groups is 2. The van der Waals surface area contributed by atoms with Gasteiger partial charge in [-0.05, 0) is 60.0 Å². The molecule has 1 atom stereocenters. The van der Waals surface area contributed by atoms with E-state index < -0.39 is 17.7 Å². The fourth-order valence-corrected chi connectivity index (χ4v) is 7.79. The average Bonchev–Trinajstić information content (AvgIpc) is 3.77. The fourth-order valence-electron chi connectivity index (χ4n) is 5.92. The Labute approximate surface area is 278 Å². The zero-order valence-corrected chi connectivity index (χ0v) is 27.3. The SMILES string of the molecule is CCOc1ccc(C2/C(=C(\O)c3c(C)nc4ccccn34)C(=O)C(=O)N2c2nnc(SCc3cccc4ccccc34)s2)cc1OC. The Morgan fingerprint density at radius 1 is 1.00 bits per heavy atom. The highest BCUT2D eigenvalue weighted by molar-refractivity contribution is 8.00. The van der Waals surface area contributed by atoms with E-state index in [1.807, 2.05) is 31.2 Å². The van der Waals surface area contributed by atoms with Gasteiger partial charge in [0.1, 0.15) is 11.3 Å². The van der Waals surface area contributed by atoms with Gasteiger partial charge in [-0.2, -0.15) is 0 Å². The molecule has 1 saturated heterocycles. The second-order valence-corrected chi connectivity index (χ2v) is 12.9. The minimum Gasteiger partial charge on any atom is -0.505 e. The number of carbonyl (C=O) groups excluding carboxylic acids is 2. The van der Waals surface area contributed by atoms with Gasteiger partial charge in [0.2, 0.25) is 5.13 Å². The number of aliphatic hydroxyl groups is 1. The summed E-state index contributed by atoms with van der Waals surface area (Å²) in [7, 11) is 1.52. The molecular formula is C35H29N5O5S2. The molecule has 10 nitrogen and oxygen atoms in total. The second kappa shape index (κ2) is 12.5. The Balaban J connectivity index is 1.32. The van der Waals surface area contributed by atoms with E-state index in [0.717, 1.165) is 16.3 Å². The Bertz CT molecular complexity index is 2200. The molecule has 1 N–H and O–H groups in total. The molecule has 0 aliphatic carbocycles. The molecule has 4 heterocycles. The summed E-state index contributed by atoms with van der Waals surface area (Å²) in [6.45, 7) is 4.04. The van der Waals surface area contributed by atoms with Crippen LogP contribution in [-0.2, 0) is 15.3 Å². The van der Waals surface area contributed by atoms with E-state index in [0.29, 0.717) is 50.8 Å². The van der Waals surface area contributed by atoms with Crippen LogP contribution in [0, 0.1) is 6.92 Å². The summed E-state index contributed by atoms with van der Waals surface area (Å²) in [4.78, 5) is 33.6. The van der Waals surface area contributed by atoms with Crippen molar-refractivity contribution in [3.63, 3.8) is 0 Å². The van der Waals surface area contributed by atoms with Crippen molar-refractivity contribution in [3.05, 3.63) is 113 Å². The topological polar surface area (TPSA) is 119 Å². The van der Waals surface area contributed by atoms with Gasteiger partial charge in [0.15, 0.2) is 21.6 Å². The van der Waals surface area contributed by atoms with Crippen LogP contribution in [0.2, 0.25) is 0 Å². The molecular weight excluding hydrogens is 635 g/mol. The van der Waals surface area contributed by atoms with Gasteiger partial charge in [0.25, 0.3) is 5.78 Å². The van der Waals surface area contributed by atoms with Crippen LogP contribution in [0.5, 0.6) is 11.5 Å². The number of ketones is 1. The molecule has 0 bridgehead atoms. The van der Waals surface area contributed by atoms with Gasteiger partial charge >= 0.3 is 5.91 Å². The minimum absolute atomic E-state index is 0.0878. The third kappa shape index (κ3) is 5.38. The molecule has 3 aromatic carbocycles. The molecule has 1 aliphatic rings. The van der Waals surface area contributed by atoms with Crippen LogP contribution in [0.15, 0.2) is 95.0 Å². The van der Waals surface area contributed by atoms with E-state index in [-0.39, 0.29) is 16.5 Å². The number of nitrogens with zero attached hydrogens (tertiary/aromatic N) is 5. The number of ether oxygens (including phenoxy) is 2.